The number of nitrogens with zero attached hydrogens (tertiary/aromatic N) is 1. The maximum atomic E-state index is 10.8. The third-order valence-corrected chi connectivity index (χ3v) is 4.31. The molecule has 3 rings (SSSR count). The van der Waals surface area contributed by atoms with Gasteiger partial charge in [0.05, 0.1) is 6.10 Å². The van der Waals surface area contributed by atoms with Crippen molar-refractivity contribution in [3.63, 3.8) is 0 Å². The Morgan fingerprint density at radius 3 is 2.24 bits per heavy atom. The summed E-state index contributed by atoms with van der Waals surface area (Å²) in [7, 11) is 0. The Hall–Kier alpha value is -1.68. The number of rotatable bonds is 3. The number of hydrogen-bond acceptors (Lipinski definition) is 3. The summed E-state index contributed by atoms with van der Waals surface area (Å²) in [6.07, 6.45) is -0.220. The number of aliphatic hydroxyl groups excluding tert-OH is 1. The molecule has 0 amide bonds. The number of piperidine rings is 1. The summed E-state index contributed by atoms with van der Waals surface area (Å²) < 4.78 is 0. The van der Waals surface area contributed by atoms with Gasteiger partial charge in [-0.15, -0.1) is 0 Å². The van der Waals surface area contributed by atoms with Gasteiger partial charge < -0.3 is 10.2 Å². The Kier molecular flexibility index (Phi) is 4.06. The topological polar surface area (TPSA) is 43.7 Å². The Morgan fingerprint density at radius 2 is 1.62 bits per heavy atom. The number of β-amino-alcohol motifs (C(OH)–C–C–N with tert-alkyl or cyclic N) is 1. The Bertz CT molecular complexity index is 572. The van der Waals surface area contributed by atoms with Crippen molar-refractivity contribution in [1.82, 2.24) is 4.90 Å². The zero-order valence-electron chi connectivity index (χ0n) is 12.0. The predicted octanol–water partition coefficient (Wildman–Crippen LogP) is 2.14. The molecular formula is C18H21NO2. The van der Waals surface area contributed by atoms with Crippen LogP contribution in [0.2, 0.25) is 0 Å². The Balaban J connectivity index is 1.70. The molecule has 2 atom stereocenters. The highest BCUT2D eigenvalue weighted by molar-refractivity contribution is 5.25. The molecule has 0 aromatic heterocycles. The molecule has 110 valence electrons. The van der Waals surface area contributed by atoms with Crippen molar-refractivity contribution in [2.75, 3.05) is 13.1 Å². The van der Waals surface area contributed by atoms with Crippen molar-refractivity contribution in [1.29, 1.82) is 0 Å². The van der Waals surface area contributed by atoms with E-state index >= 15 is 0 Å². The van der Waals surface area contributed by atoms with Gasteiger partial charge in [-0.05, 0) is 17.5 Å². The van der Waals surface area contributed by atoms with Crippen molar-refractivity contribution in [2.45, 2.75) is 24.7 Å². The maximum Gasteiger partial charge on any atom is 0.118 e. The zero-order valence-corrected chi connectivity index (χ0v) is 12.0. The lowest BCUT2D eigenvalue weighted by molar-refractivity contribution is -0.126. The van der Waals surface area contributed by atoms with Crippen molar-refractivity contribution in [3.8, 4) is 0 Å². The first-order valence-electron chi connectivity index (χ1n) is 7.41. The van der Waals surface area contributed by atoms with Gasteiger partial charge in [-0.3, -0.25) is 4.90 Å². The molecule has 3 nitrogen and oxygen atoms in total. The van der Waals surface area contributed by atoms with Crippen LogP contribution in [0.4, 0.5) is 0 Å². The van der Waals surface area contributed by atoms with Crippen molar-refractivity contribution >= 4 is 0 Å². The van der Waals surface area contributed by atoms with Gasteiger partial charge in [0, 0.05) is 19.6 Å². The average Bonchev–Trinajstić information content (AvgIpc) is 2.53. The van der Waals surface area contributed by atoms with E-state index < -0.39 is 11.7 Å². The minimum absolute atomic E-state index is 0.486. The molecule has 1 fully saturated rings. The van der Waals surface area contributed by atoms with Gasteiger partial charge >= 0.3 is 0 Å². The Labute approximate surface area is 125 Å². The molecule has 1 heterocycles. The highest BCUT2D eigenvalue weighted by atomic mass is 16.3. The summed E-state index contributed by atoms with van der Waals surface area (Å²) in [5.74, 6) is 0. The van der Waals surface area contributed by atoms with E-state index in [1.54, 1.807) is 0 Å². The average molecular weight is 283 g/mol. The van der Waals surface area contributed by atoms with Crippen molar-refractivity contribution in [3.05, 3.63) is 71.8 Å². The second-order valence-electron chi connectivity index (χ2n) is 5.78. The van der Waals surface area contributed by atoms with Crippen molar-refractivity contribution < 1.29 is 10.2 Å². The van der Waals surface area contributed by atoms with E-state index in [-0.39, 0.29) is 0 Å². The third-order valence-electron chi connectivity index (χ3n) is 4.31. The van der Waals surface area contributed by atoms with E-state index in [1.165, 1.54) is 5.56 Å². The molecular weight excluding hydrogens is 262 g/mol. The van der Waals surface area contributed by atoms with Crippen LogP contribution in [0.3, 0.4) is 0 Å². The summed E-state index contributed by atoms with van der Waals surface area (Å²) in [6.45, 7) is 2.07. The van der Waals surface area contributed by atoms with E-state index in [0.717, 1.165) is 18.7 Å². The van der Waals surface area contributed by atoms with E-state index in [2.05, 4.69) is 17.0 Å². The maximum absolute atomic E-state index is 10.8. The lowest BCUT2D eigenvalue weighted by Gasteiger charge is -2.42. The summed E-state index contributed by atoms with van der Waals surface area (Å²) >= 11 is 0. The second kappa shape index (κ2) is 5.98. The molecule has 0 unspecified atom stereocenters. The molecule has 1 aliphatic heterocycles. The quantitative estimate of drug-likeness (QED) is 0.907. The lowest BCUT2D eigenvalue weighted by Crippen LogP contribution is -2.53. The summed E-state index contributed by atoms with van der Waals surface area (Å²) in [4.78, 5) is 2.19. The van der Waals surface area contributed by atoms with Gasteiger partial charge in [0.15, 0.2) is 0 Å². The fraction of sp³-hybridized carbons (Fsp3) is 0.333. The number of aliphatic hydroxyl groups is 2. The van der Waals surface area contributed by atoms with Crippen molar-refractivity contribution in [2.24, 2.45) is 0 Å². The van der Waals surface area contributed by atoms with E-state index in [4.69, 9.17) is 0 Å². The zero-order chi connectivity index (χ0) is 14.7. The van der Waals surface area contributed by atoms with Gasteiger partial charge in [-0.2, -0.15) is 0 Å². The van der Waals surface area contributed by atoms with E-state index in [9.17, 15) is 10.2 Å². The molecule has 0 radical (unpaired) electrons. The number of hydrogen-bond donors (Lipinski definition) is 2. The molecule has 21 heavy (non-hydrogen) atoms. The van der Waals surface area contributed by atoms with Gasteiger partial charge in [0.1, 0.15) is 5.60 Å². The number of likely N-dealkylation sites (tertiary alicyclic amines) is 1. The first kappa shape index (κ1) is 14.3. The predicted molar refractivity (Wildman–Crippen MR) is 82.7 cm³/mol. The van der Waals surface area contributed by atoms with Gasteiger partial charge in [-0.1, -0.05) is 60.7 Å². The Morgan fingerprint density at radius 1 is 1.00 bits per heavy atom. The standard InChI is InChI=1S/C18H21NO2/c20-17-14-19(13-15-7-3-1-4-8-15)12-11-18(17,21)16-9-5-2-6-10-16/h1-10,17,20-21H,11-14H2/t17-,18+/m0/s1. The van der Waals surface area contributed by atoms with Crippen LogP contribution < -0.4 is 0 Å². The number of benzene rings is 2. The molecule has 1 saturated heterocycles. The van der Waals surface area contributed by atoms with Crippen LogP contribution >= 0.6 is 0 Å². The summed E-state index contributed by atoms with van der Waals surface area (Å²) in [6, 6.07) is 19.7. The normalized spacial score (nSPS) is 26.7. The minimum atomic E-state index is -1.13. The van der Waals surface area contributed by atoms with Crippen LogP contribution in [0.15, 0.2) is 60.7 Å². The van der Waals surface area contributed by atoms with Crippen LogP contribution in [0.1, 0.15) is 17.5 Å². The van der Waals surface area contributed by atoms with Crippen LogP contribution in [-0.4, -0.2) is 34.3 Å². The third kappa shape index (κ3) is 3.00. The molecule has 2 N–H and O–H groups in total. The smallest absolute Gasteiger partial charge is 0.118 e. The highest BCUT2D eigenvalue weighted by Crippen LogP contribution is 2.33. The van der Waals surface area contributed by atoms with Crippen LogP contribution in [0, 0.1) is 0 Å². The highest BCUT2D eigenvalue weighted by Gasteiger charge is 2.41. The molecule has 1 aliphatic rings. The molecule has 2 aromatic carbocycles. The van der Waals surface area contributed by atoms with Gasteiger partial charge in [-0.25, -0.2) is 0 Å². The molecule has 0 spiro atoms. The fourth-order valence-electron chi connectivity index (χ4n) is 3.03. The monoisotopic (exact) mass is 283 g/mol. The first-order valence-corrected chi connectivity index (χ1v) is 7.41. The lowest BCUT2D eigenvalue weighted by atomic mass is 9.82. The minimum Gasteiger partial charge on any atom is -0.388 e. The molecule has 0 aliphatic carbocycles. The SMILES string of the molecule is O[C@H]1CN(Cc2ccccc2)CC[C@@]1(O)c1ccccc1. The largest absolute Gasteiger partial charge is 0.388 e. The molecule has 3 heteroatoms. The molecule has 0 saturated carbocycles. The van der Waals surface area contributed by atoms with E-state index in [0.29, 0.717) is 13.0 Å². The van der Waals surface area contributed by atoms with E-state index in [1.807, 2.05) is 48.5 Å². The fourth-order valence-corrected chi connectivity index (χ4v) is 3.03. The van der Waals surface area contributed by atoms with Crippen LogP contribution in [0.5, 0.6) is 0 Å². The summed E-state index contributed by atoms with van der Waals surface area (Å²) in [5, 5.41) is 21.3. The first-order chi connectivity index (χ1) is 10.2. The molecule has 2 aromatic rings. The second-order valence-corrected chi connectivity index (χ2v) is 5.78. The van der Waals surface area contributed by atoms with Crippen LogP contribution in [-0.2, 0) is 12.1 Å². The van der Waals surface area contributed by atoms with Crippen LogP contribution in [0.25, 0.3) is 0 Å². The summed E-state index contributed by atoms with van der Waals surface area (Å²) in [5.41, 5.74) is 0.903. The van der Waals surface area contributed by atoms with Gasteiger partial charge in [0.25, 0.3) is 0 Å². The molecule has 0 bridgehead atoms. The van der Waals surface area contributed by atoms with Gasteiger partial charge in [0.2, 0.25) is 0 Å².